The van der Waals surface area contributed by atoms with E-state index in [1.807, 2.05) is 0 Å². The summed E-state index contributed by atoms with van der Waals surface area (Å²) in [6, 6.07) is 6.16. The van der Waals surface area contributed by atoms with Gasteiger partial charge in [-0.15, -0.1) is 0 Å². The van der Waals surface area contributed by atoms with E-state index in [2.05, 4.69) is 4.72 Å². The lowest BCUT2D eigenvalue weighted by atomic mass is 10.2. The van der Waals surface area contributed by atoms with Crippen molar-refractivity contribution in [1.82, 2.24) is 4.72 Å². The summed E-state index contributed by atoms with van der Waals surface area (Å²) in [5.74, 6) is 0.680. The maximum Gasteiger partial charge on any atom is 0.241 e. The fraction of sp³-hybridized carbons (Fsp3) is 0.364. The Bertz CT molecular complexity index is 539. The highest BCUT2D eigenvalue weighted by Crippen LogP contribution is 2.22. The van der Waals surface area contributed by atoms with Gasteiger partial charge in [0.2, 0.25) is 15.1 Å². The van der Waals surface area contributed by atoms with Crippen LogP contribution in [-0.4, -0.2) is 25.3 Å². The van der Waals surface area contributed by atoms with E-state index in [-0.39, 0.29) is 10.0 Å². The molecular weight excluding hydrogens is 258 g/mol. The van der Waals surface area contributed by atoms with Crippen LogP contribution in [0.3, 0.4) is 0 Å². The van der Waals surface area contributed by atoms with E-state index in [4.69, 9.17) is 0 Å². The molecule has 1 aromatic rings. The van der Waals surface area contributed by atoms with E-state index in [0.717, 1.165) is 0 Å². The third-order valence-corrected chi connectivity index (χ3v) is 5.26. The predicted molar refractivity (Wildman–Crippen MR) is 67.4 cm³/mol. The molecule has 1 fully saturated rings. The molecule has 1 aliphatic heterocycles. The van der Waals surface area contributed by atoms with Gasteiger partial charge in [0.05, 0.1) is 10.9 Å². The summed E-state index contributed by atoms with van der Waals surface area (Å²) >= 11 is 1.18. The molecule has 0 radical (unpaired) electrons. The number of aryl methyl sites for hydroxylation is 1. The Labute approximate surface area is 105 Å². The van der Waals surface area contributed by atoms with Gasteiger partial charge in [-0.25, -0.2) is 8.42 Å². The molecule has 1 atom stereocenters. The summed E-state index contributed by atoms with van der Waals surface area (Å²) in [7, 11) is -3.59. The molecule has 6 heteroatoms. The first-order valence-electron chi connectivity index (χ1n) is 5.25. The molecule has 1 N–H and O–H groups in total. The highest BCUT2D eigenvalue weighted by atomic mass is 32.2. The highest BCUT2D eigenvalue weighted by molar-refractivity contribution is 8.14. The van der Waals surface area contributed by atoms with Crippen molar-refractivity contribution < 1.29 is 13.2 Å². The molecule has 1 unspecified atom stereocenters. The normalized spacial score (nSPS) is 20.8. The topological polar surface area (TPSA) is 63.2 Å². The molecule has 0 spiro atoms. The molecule has 4 nitrogen and oxygen atoms in total. The summed E-state index contributed by atoms with van der Waals surface area (Å²) in [5, 5.41) is -0.0952. The molecule has 1 aromatic carbocycles. The van der Waals surface area contributed by atoms with Crippen LogP contribution in [0.15, 0.2) is 29.2 Å². The minimum atomic E-state index is -3.59. The van der Waals surface area contributed by atoms with Crippen LogP contribution in [0.4, 0.5) is 0 Å². The molecule has 1 aliphatic rings. The van der Waals surface area contributed by atoms with Gasteiger partial charge in [0.25, 0.3) is 0 Å². The average Bonchev–Trinajstić information content (AvgIpc) is 2.64. The SMILES string of the molecule is Cc1ccccc1S(=O)(=O)NC1CCSC1=O. The number of thioether (sulfide) groups is 1. The predicted octanol–water partition coefficient (Wildman–Crippen LogP) is 1.31. The van der Waals surface area contributed by atoms with Crippen LogP contribution in [0.1, 0.15) is 12.0 Å². The minimum Gasteiger partial charge on any atom is -0.285 e. The zero-order valence-electron chi connectivity index (χ0n) is 9.34. The number of carbonyl (C=O) groups is 1. The molecule has 0 bridgehead atoms. The molecule has 1 heterocycles. The van der Waals surface area contributed by atoms with Gasteiger partial charge in [-0.2, -0.15) is 4.72 Å². The van der Waals surface area contributed by atoms with E-state index >= 15 is 0 Å². The third-order valence-electron chi connectivity index (χ3n) is 2.62. The first-order valence-corrected chi connectivity index (χ1v) is 7.72. The molecule has 0 saturated carbocycles. The number of rotatable bonds is 3. The quantitative estimate of drug-likeness (QED) is 0.900. The number of hydrogen-bond donors (Lipinski definition) is 1. The average molecular weight is 271 g/mol. The first kappa shape index (κ1) is 12.6. The third kappa shape index (κ3) is 2.70. The zero-order valence-corrected chi connectivity index (χ0v) is 11.0. The van der Waals surface area contributed by atoms with Crippen molar-refractivity contribution in [3.05, 3.63) is 29.8 Å². The Kier molecular flexibility index (Phi) is 3.56. The van der Waals surface area contributed by atoms with Crippen LogP contribution in [0, 0.1) is 6.92 Å². The first-order chi connectivity index (χ1) is 8.00. The lowest BCUT2D eigenvalue weighted by Crippen LogP contribution is -2.37. The summed E-state index contributed by atoms with van der Waals surface area (Å²) in [6.07, 6.45) is 0.564. The molecule has 0 aliphatic carbocycles. The second-order valence-electron chi connectivity index (χ2n) is 3.90. The number of hydrogen-bond acceptors (Lipinski definition) is 4. The molecule has 17 heavy (non-hydrogen) atoms. The number of benzene rings is 1. The van der Waals surface area contributed by atoms with E-state index < -0.39 is 16.1 Å². The Hall–Kier alpha value is -0.850. The highest BCUT2D eigenvalue weighted by Gasteiger charge is 2.30. The van der Waals surface area contributed by atoms with Crippen molar-refractivity contribution in [1.29, 1.82) is 0 Å². The Morgan fingerprint density at radius 1 is 1.35 bits per heavy atom. The summed E-state index contributed by atoms with van der Waals surface area (Å²) in [4.78, 5) is 11.6. The fourth-order valence-corrected chi connectivity index (χ4v) is 4.19. The number of nitrogens with one attached hydrogen (secondary N) is 1. The second-order valence-corrected chi connectivity index (χ2v) is 6.68. The maximum atomic E-state index is 12.1. The standard InChI is InChI=1S/C11H13NO3S2/c1-8-4-2-3-5-10(8)17(14,15)12-9-6-7-16-11(9)13/h2-5,9,12H,6-7H2,1H3. The molecule has 0 aromatic heterocycles. The van der Waals surface area contributed by atoms with E-state index in [1.165, 1.54) is 11.8 Å². The van der Waals surface area contributed by atoms with Crippen LogP contribution in [0.2, 0.25) is 0 Å². The largest absolute Gasteiger partial charge is 0.285 e. The molecule has 1 saturated heterocycles. The Morgan fingerprint density at radius 3 is 2.65 bits per heavy atom. The molecule has 0 amide bonds. The number of carbonyl (C=O) groups excluding carboxylic acids is 1. The Morgan fingerprint density at radius 2 is 2.06 bits per heavy atom. The van der Waals surface area contributed by atoms with Crippen molar-refractivity contribution in [2.45, 2.75) is 24.3 Å². The van der Waals surface area contributed by atoms with Crippen molar-refractivity contribution in [2.75, 3.05) is 5.75 Å². The fourth-order valence-electron chi connectivity index (χ4n) is 1.71. The molecular formula is C11H13NO3S2. The number of sulfonamides is 1. The van der Waals surface area contributed by atoms with Crippen LogP contribution >= 0.6 is 11.8 Å². The minimum absolute atomic E-state index is 0.0952. The lowest BCUT2D eigenvalue weighted by molar-refractivity contribution is -0.111. The van der Waals surface area contributed by atoms with Crippen molar-refractivity contribution >= 4 is 26.9 Å². The second kappa shape index (κ2) is 4.80. The van der Waals surface area contributed by atoms with Gasteiger partial charge in [0.15, 0.2) is 0 Å². The summed E-state index contributed by atoms with van der Waals surface area (Å²) < 4.78 is 26.6. The van der Waals surface area contributed by atoms with Crippen molar-refractivity contribution in [3.63, 3.8) is 0 Å². The van der Waals surface area contributed by atoms with Gasteiger partial charge < -0.3 is 0 Å². The van der Waals surface area contributed by atoms with Gasteiger partial charge in [-0.05, 0) is 25.0 Å². The van der Waals surface area contributed by atoms with Gasteiger partial charge in [-0.3, -0.25) is 4.79 Å². The van der Waals surface area contributed by atoms with Crippen LogP contribution in [0.5, 0.6) is 0 Å². The van der Waals surface area contributed by atoms with E-state index in [9.17, 15) is 13.2 Å². The summed E-state index contributed by atoms with van der Waals surface area (Å²) in [6.45, 7) is 1.74. The van der Waals surface area contributed by atoms with E-state index in [0.29, 0.717) is 17.7 Å². The summed E-state index contributed by atoms with van der Waals surface area (Å²) in [5.41, 5.74) is 0.679. The van der Waals surface area contributed by atoms with Crippen LogP contribution in [-0.2, 0) is 14.8 Å². The molecule has 2 rings (SSSR count). The van der Waals surface area contributed by atoms with Gasteiger partial charge in [0.1, 0.15) is 0 Å². The van der Waals surface area contributed by atoms with Gasteiger partial charge in [0, 0.05) is 5.75 Å². The maximum absolute atomic E-state index is 12.1. The zero-order chi connectivity index (χ0) is 12.5. The van der Waals surface area contributed by atoms with Crippen LogP contribution in [0.25, 0.3) is 0 Å². The molecule has 92 valence electrons. The monoisotopic (exact) mass is 271 g/mol. The lowest BCUT2D eigenvalue weighted by Gasteiger charge is -2.12. The van der Waals surface area contributed by atoms with Crippen molar-refractivity contribution in [3.8, 4) is 0 Å². The van der Waals surface area contributed by atoms with Gasteiger partial charge in [-0.1, -0.05) is 30.0 Å². The van der Waals surface area contributed by atoms with Gasteiger partial charge >= 0.3 is 0 Å². The van der Waals surface area contributed by atoms with Crippen molar-refractivity contribution in [2.24, 2.45) is 0 Å². The smallest absolute Gasteiger partial charge is 0.241 e. The van der Waals surface area contributed by atoms with E-state index in [1.54, 1.807) is 31.2 Å². The van der Waals surface area contributed by atoms with Crippen LogP contribution < -0.4 is 4.72 Å². The Balaban J connectivity index is 2.25.